The molecule has 1 rings (SSSR count). The molecule has 0 saturated heterocycles. The Morgan fingerprint density at radius 2 is 1.18 bits per heavy atom. The van der Waals surface area contributed by atoms with E-state index in [-0.39, 0.29) is 49.0 Å². The van der Waals surface area contributed by atoms with Crippen LogP contribution in [-0.2, 0) is 19.2 Å². The first kappa shape index (κ1) is 45.1. The Balaban J connectivity index is 3.16. The van der Waals surface area contributed by atoms with Crippen LogP contribution in [0.1, 0.15) is 105 Å². The zero-order valence-corrected chi connectivity index (χ0v) is 31.1. The monoisotopic (exact) mass is 732 g/mol. The highest BCUT2D eigenvalue weighted by Gasteiger charge is 2.34. The topological polar surface area (TPSA) is 178 Å². The van der Waals surface area contributed by atoms with Crippen molar-refractivity contribution in [3.05, 3.63) is 28.8 Å². The van der Waals surface area contributed by atoms with Crippen molar-refractivity contribution in [2.75, 3.05) is 13.1 Å². The van der Waals surface area contributed by atoms with Gasteiger partial charge in [-0.15, -0.1) is 0 Å². The van der Waals surface area contributed by atoms with Gasteiger partial charge in [0.05, 0.1) is 6.04 Å². The number of amides is 5. The minimum atomic E-state index is -2.17. The number of hydrogen-bond acceptors (Lipinski definition) is 7. The lowest BCUT2D eigenvalue weighted by Crippen LogP contribution is -2.58. The first-order valence-electron chi connectivity index (χ1n) is 17.6. The third-order valence-electron chi connectivity index (χ3n) is 8.04. The molecule has 0 aliphatic carbocycles. The van der Waals surface area contributed by atoms with Gasteiger partial charge >= 0.3 is 0 Å². The number of carbonyl (C=O) groups excluding carboxylic acids is 5. The van der Waals surface area contributed by atoms with E-state index < -0.39 is 82.5 Å². The predicted octanol–water partition coefficient (Wildman–Crippen LogP) is 3.55. The Hall–Kier alpha value is -3.95. The van der Waals surface area contributed by atoms with Crippen molar-refractivity contribution >= 4 is 29.5 Å². The second kappa shape index (κ2) is 21.4. The highest BCUT2D eigenvalue weighted by atomic mass is 19.2. The molecule has 0 spiro atoms. The summed E-state index contributed by atoms with van der Waals surface area (Å²) in [6, 6.07) is -4.46. The lowest BCUT2D eigenvalue weighted by Gasteiger charge is -2.29. The first-order chi connectivity index (χ1) is 23.8. The van der Waals surface area contributed by atoms with Crippen molar-refractivity contribution in [3.8, 4) is 5.75 Å². The van der Waals surface area contributed by atoms with Crippen LogP contribution in [0, 0.1) is 41.0 Å². The Morgan fingerprint density at radius 3 is 1.65 bits per heavy atom. The zero-order valence-electron chi connectivity index (χ0n) is 31.1. The molecule has 7 N–H and O–H groups in total. The fourth-order valence-corrected chi connectivity index (χ4v) is 5.43. The standard InChI is InChI=1S/C35H56F4N6O6/c1-10-13-22(43-33(49)23(15-18(6)7)44-34(50)24-25(36)27(38)30(46)28(39)26(24)37)32(48)42-20(14-17(4)5)16-41-21(11-2)31(47)45-29(19(8)9)35(51)40-12-3/h17-23,29,41,46H,10-16H2,1-9H3,(H,40,51)(H,42,48)(H,43,49)(H,44,50)(H,45,47)/t20-,21-,22-,23-,29-/m0/s1. The van der Waals surface area contributed by atoms with Crippen molar-refractivity contribution < 1.29 is 46.6 Å². The quantitative estimate of drug-likeness (QED) is 0.0747. The van der Waals surface area contributed by atoms with Crippen molar-refractivity contribution in [2.45, 2.75) is 125 Å². The average molecular weight is 733 g/mol. The number of likely N-dealkylation sites (N-methyl/N-ethyl adjacent to an activating group) is 1. The summed E-state index contributed by atoms with van der Waals surface area (Å²) in [6.07, 6.45) is 1.46. The first-order valence-corrected chi connectivity index (χ1v) is 17.6. The smallest absolute Gasteiger partial charge is 0.258 e. The molecule has 16 heteroatoms. The predicted molar refractivity (Wildman–Crippen MR) is 184 cm³/mol. The number of phenols is 1. The largest absolute Gasteiger partial charge is 0.503 e. The maximum absolute atomic E-state index is 14.4. The fourth-order valence-electron chi connectivity index (χ4n) is 5.43. The SMILES string of the molecule is CCC[C@H](NC(=O)[C@H](CC(C)C)NC(=O)c1c(F)c(F)c(O)c(F)c1F)C(=O)N[C@H](CN[C@@H](CC)C(=O)N[C@H](C(=O)NCC)C(C)C)CC(C)C. The van der Waals surface area contributed by atoms with Crippen molar-refractivity contribution in [1.29, 1.82) is 0 Å². The molecule has 0 saturated carbocycles. The van der Waals surface area contributed by atoms with Gasteiger partial charge in [-0.3, -0.25) is 24.0 Å². The van der Waals surface area contributed by atoms with Gasteiger partial charge in [-0.2, -0.15) is 8.78 Å². The summed E-state index contributed by atoms with van der Waals surface area (Å²) in [5.74, 6) is -14.6. The van der Waals surface area contributed by atoms with Crippen LogP contribution in [0.5, 0.6) is 5.75 Å². The minimum Gasteiger partial charge on any atom is -0.503 e. The third kappa shape index (κ3) is 13.6. The van der Waals surface area contributed by atoms with Gasteiger partial charge in [0.15, 0.2) is 17.4 Å². The summed E-state index contributed by atoms with van der Waals surface area (Å²) < 4.78 is 56.7. The van der Waals surface area contributed by atoms with Gasteiger partial charge in [-0.05, 0) is 50.4 Å². The van der Waals surface area contributed by atoms with Gasteiger partial charge in [0.25, 0.3) is 5.91 Å². The maximum atomic E-state index is 14.4. The number of nitrogens with one attached hydrogen (secondary N) is 6. The number of halogens is 4. The summed E-state index contributed by atoms with van der Waals surface area (Å²) in [4.78, 5) is 65.5. The molecule has 0 unspecified atom stereocenters. The Kier molecular flexibility index (Phi) is 18.9. The molecule has 5 atom stereocenters. The van der Waals surface area contributed by atoms with E-state index in [2.05, 4.69) is 31.9 Å². The van der Waals surface area contributed by atoms with Gasteiger partial charge in [0.1, 0.15) is 23.7 Å². The van der Waals surface area contributed by atoms with Crippen LogP contribution < -0.4 is 31.9 Å². The van der Waals surface area contributed by atoms with Crippen LogP contribution in [0.3, 0.4) is 0 Å². The molecule has 290 valence electrons. The third-order valence-corrected chi connectivity index (χ3v) is 8.04. The van der Waals surface area contributed by atoms with Gasteiger partial charge in [-0.25, -0.2) is 8.78 Å². The van der Waals surface area contributed by atoms with Crippen LogP contribution in [0.4, 0.5) is 17.6 Å². The molecule has 0 aliphatic heterocycles. The van der Waals surface area contributed by atoms with Crippen LogP contribution in [0.15, 0.2) is 0 Å². The summed E-state index contributed by atoms with van der Waals surface area (Å²) in [6.45, 7) is 16.9. The molecule has 1 aromatic carbocycles. The van der Waals surface area contributed by atoms with E-state index in [4.69, 9.17) is 0 Å². The van der Waals surface area contributed by atoms with Gasteiger partial charge in [-0.1, -0.05) is 61.8 Å². The minimum absolute atomic E-state index is 0.0670. The molecule has 0 aromatic heterocycles. The second-order valence-electron chi connectivity index (χ2n) is 13.8. The van der Waals surface area contributed by atoms with Gasteiger partial charge in [0.2, 0.25) is 35.3 Å². The van der Waals surface area contributed by atoms with Crippen LogP contribution in [-0.4, -0.2) is 77.9 Å². The molecule has 0 aliphatic rings. The van der Waals surface area contributed by atoms with E-state index >= 15 is 0 Å². The highest BCUT2D eigenvalue weighted by Crippen LogP contribution is 2.29. The summed E-state index contributed by atoms with van der Waals surface area (Å²) in [5.41, 5.74) is -1.65. The van der Waals surface area contributed by atoms with Crippen LogP contribution >= 0.6 is 0 Å². The van der Waals surface area contributed by atoms with E-state index in [1.807, 2.05) is 27.7 Å². The highest BCUT2D eigenvalue weighted by molar-refractivity contribution is 5.99. The Morgan fingerprint density at radius 1 is 0.647 bits per heavy atom. The summed E-state index contributed by atoms with van der Waals surface area (Å²) >= 11 is 0. The van der Waals surface area contributed by atoms with Crippen LogP contribution in [0.2, 0.25) is 0 Å². The summed E-state index contributed by atoms with van der Waals surface area (Å²) in [7, 11) is 0. The molecule has 0 bridgehead atoms. The molecule has 0 heterocycles. The summed E-state index contributed by atoms with van der Waals surface area (Å²) in [5, 5.41) is 25.6. The lowest BCUT2D eigenvalue weighted by atomic mass is 10.0. The van der Waals surface area contributed by atoms with Crippen molar-refractivity contribution in [3.63, 3.8) is 0 Å². The average Bonchev–Trinajstić information content (AvgIpc) is 3.04. The van der Waals surface area contributed by atoms with Crippen molar-refractivity contribution in [1.82, 2.24) is 31.9 Å². The second-order valence-corrected chi connectivity index (χ2v) is 13.8. The maximum Gasteiger partial charge on any atom is 0.258 e. The normalized spacial score (nSPS) is 14.4. The van der Waals surface area contributed by atoms with Crippen molar-refractivity contribution in [2.24, 2.45) is 17.8 Å². The van der Waals surface area contributed by atoms with E-state index in [0.717, 1.165) is 0 Å². The molecular weight excluding hydrogens is 676 g/mol. The van der Waals surface area contributed by atoms with Gasteiger partial charge < -0.3 is 37.0 Å². The van der Waals surface area contributed by atoms with E-state index in [0.29, 0.717) is 25.8 Å². The molecule has 51 heavy (non-hydrogen) atoms. The van der Waals surface area contributed by atoms with Gasteiger partial charge in [0, 0.05) is 19.1 Å². The molecule has 1 aromatic rings. The van der Waals surface area contributed by atoms with E-state index in [1.54, 1.807) is 34.6 Å². The number of aromatic hydroxyl groups is 1. The molecular formula is C35H56F4N6O6. The Labute approximate surface area is 298 Å². The van der Waals surface area contributed by atoms with Crippen LogP contribution in [0.25, 0.3) is 0 Å². The number of rotatable bonds is 21. The molecule has 0 radical (unpaired) electrons. The van der Waals surface area contributed by atoms with E-state index in [1.165, 1.54) is 0 Å². The molecule has 12 nitrogen and oxygen atoms in total. The number of carbonyl (C=O) groups is 5. The number of hydrogen-bond donors (Lipinski definition) is 7. The number of phenolic OH excluding ortho intramolecular Hbond substituents is 1. The fraction of sp³-hybridized carbons (Fsp3) is 0.686. The molecule has 0 fully saturated rings. The Bertz CT molecular complexity index is 1330. The molecule has 5 amide bonds. The zero-order chi connectivity index (χ0) is 39.2. The van der Waals surface area contributed by atoms with E-state index in [9.17, 15) is 46.6 Å². The number of benzene rings is 1. The lowest BCUT2D eigenvalue weighted by molar-refractivity contribution is -0.131.